The van der Waals surface area contributed by atoms with Crippen molar-refractivity contribution in [2.24, 2.45) is 0 Å². The van der Waals surface area contributed by atoms with Gasteiger partial charge >= 0.3 is 0 Å². The molecule has 1 N–H and O–H groups in total. The lowest BCUT2D eigenvalue weighted by molar-refractivity contribution is 0.102. The Hall–Kier alpha value is -3.17. The van der Waals surface area contributed by atoms with Crippen LogP contribution in [0, 0.1) is 0 Å². The van der Waals surface area contributed by atoms with Crippen LogP contribution in [0.3, 0.4) is 0 Å². The minimum Gasteiger partial charge on any atom is -0.322 e. The SMILES string of the molecule is O=C(Nc1ccc2c(c1)CCC2)c1cc(-c2ccc(Cl)cc2)nc2ccccc12. The molecule has 3 nitrogen and oxygen atoms in total. The summed E-state index contributed by atoms with van der Waals surface area (Å²) in [5.74, 6) is -0.128. The predicted octanol–water partition coefficient (Wildman–Crippen LogP) is 6.30. The number of hydrogen-bond acceptors (Lipinski definition) is 2. The molecule has 0 radical (unpaired) electrons. The Bertz CT molecular complexity index is 1230. The van der Waals surface area contributed by atoms with E-state index in [-0.39, 0.29) is 5.91 Å². The first-order chi connectivity index (χ1) is 14.2. The third kappa shape index (κ3) is 3.50. The minimum absolute atomic E-state index is 0.128. The summed E-state index contributed by atoms with van der Waals surface area (Å²) in [7, 11) is 0. The zero-order chi connectivity index (χ0) is 19.8. The number of aryl methyl sites for hydroxylation is 2. The summed E-state index contributed by atoms with van der Waals surface area (Å²) in [6, 6.07) is 23.3. The van der Waals surface area contributed by atoms with Gasteiger partial charge < -0.3 is 5.32 Å². The Balaban J connectivity index is 1.55. The van der Waals surface area contributed by atoms with E-state index in [2.05, 4.69) is 17.4 Å². The smallest absolute Gasteiger partial charge is 0.256 e. The van der Waals surface area contributed by atoms with Crippen LogP contribution in [0.15, 0.2) is 72.8 Å². The average molecular weight is 399 g/mol. The van der Waals surface area contributed by atoms with E-state index in [0.717, 1.165) is 40.7 Å². The van der Waals surface area contributed by atoms with Gasteiger partial charge in [-0.25, -0.2) is 4.98 Å². The van der Waals surface area contributed by atoms with Crippen LogP contribution in [-0.2, 0) is 12.8 Å². The highest BCUT2D eigenvalue weighted by atomic mass is 35.5. The summed E-state index contributed by atoms with van der Waals surface area (Å²) < 4.78 is 0. The fourth-order valence-electron chi connectivity index (χ4n) is 3.98. The van der Waals surface area contributed by atoms with Gasteiger partial charge in [0.1, 0.15) is 0 Å². The maximum atomic E-state index is 13.2. The molecule has 142 valence electrons. The van der Waals surface area contributed by atoms with Crippen molar-refractivity contribution < 1.29 is 4.79 Å². The number of carbonyl (C=O) groups is 1. The van der Waals surface area contributed by atoms with Gasteiger partial charge in [-0.1, -0.05) is 48.0 Å². The van der Waals surface area contributed by atoms with Crippen molar-refractivity contribution in [3.05, 3.63) is 94.5 Å². The van der Waals surface area contributed by atoms with Gasteiger partial charge in [0.2, 0.25) is 0 Å². The number of anilines is 1. The summed E-state index contributed by atoms with van der Waals surface area (Å²) >= 11 is 6.02. The van der Waals surface area contributed by atoms with Crippen LogP contribution in [0.25, 0.3) is 22.2 Å². The second kappa shape index (κ2) is 7.34. The number of halogens is 1. The molecule has 4 aromatic rings. The first-order valence-corrected chi connectivity index (χ1v) is 10.1. The number of rotatable bonds is 3. The number of pyridine rings is 1. The van der Waals surface area contributed by atoms with Crippen molar-refractivity contribution in [2.45, 2.75) is 19.3 Å². The van der Waals surface area contributed by atoms with Crippen molar-refractivity contribution >= 4 is 34.1 Å². The Kier molecular flexibility index (Phi) is 4.53. The van der Waals surface area contributed by atoms with Gasteiger partial charge in [-0.3, -0.25) is 4.79 Å². The molecule has 3 aromatic carbocycles. The van der Waals surface area contributed by atoms with Gasteiger partial charge in [-0.2, -0.15) is 0 Å². The van der Waals surface area contributed by atoms with Gasteiger partial charge in [0.15, 0.2) is 0 Å². The van der Waals surface area contributed by atoms with Crippen molar-refractivity contribution in [3.63, 3.8) is 0 Å². The molecule has 4 heteroatoms. The molecule has 0 aliphatic heterocycles. The van der Waals surface area contributed by atoms with E-state index in [4.69, 9.17) is 16.6 Å². The molecule has 0 spiro atoms. The number of aromatic nitrogens is 1. The summed E-state index contributed by atoms with van der Waals surface area (Å²) in [6.45, 7) is 0. The van der Waals surface area contributed by atoms with Crippen molar-refractivity contribution in [3.8, 4) is 11.3 Å². The molecular formula is C25H19ClN2O. The molecule has 0 unspecified atom stereocenters. The number of hydrogen-bond donors (Lipinski definition) is 1. The Morgan fingerprint density at radius 3 is 2.55 bits per heavy atom. The quantitative estimate of drug-likeness (QED) is 0.440. The van der Waals surface area contributed by atoms with Crippen LogP contribution in [0.5, 0.6) is 0 Å². The van der Waals surface area contributed by atoms with Gasteiger partial charge in [-0.15, -0.1) is 0 Å². The second-order valence-corrected chi connectivity index (χ2v) is 7.81. The average Bonchev–Trinajstić information content (AvgIpc) is 3.21. The van der Waals surface area contributed by atoms with E-state index >= 15 is 0 Å². The van der Waals surface area contributed by atoms with E-state index in [1.165, 1.54) is 17.5 Å². The molecule has 0 saturated carbocycles. The summed E-state index contributed by atoms with van der Waals surface area (Å²) in [5.41, 5.74) is 6.64. The summed E-state index contributed by atoms with van der Waals surface area (Å²) in [6.07, 6.45) is 3.40. The van der Waals surface area contributed by atoms with Gasteiger partial charge in [0.25, 0.3) is 5.91 Å². The Morgan fingerprint density at radius 2 is 1.69 bits per heavy atom. The van der Waals surface area contributed by atoms with E-state index in [1.807, 2.05) is 60.7 Å². The predicted molar refractivity (Wildman–Crippen MR) is 119 cm³/mol. The van der Waals surface area contributed by atoms with Crippen LogP contribution in [0.4, 0.5) is 5.69 Å². The molecule has 0 atom stereocenters. The zero-order valence-corrected chi connectivity index (χ0v) is 16.5. The molecular weight excluding hydrogens is 380 g/mol. The first kappa shape index (κ1) is 17.9. The highest BCUT2D eigenvalue weighted by Crippen LogP contribution is 2.28. The maximum absolute atomic E-state index is 13.2. The van der Waals surface area contributed by atoms with E-state index in [0.29, 0.717) is 10.6 Å². The number of nitrogens with zero attached hydrogens (tertiary/aromatic N) is 1. The van der Waals surface area contributed by atoms with Crippen molar-refractivity contribution in [1.82, 2.24) is 4.98 Å². The van der Waals surface area contributed by atoms with Gasteiger partial charge in [0.05, 0.1) is 16.8 Å². The molecule has 0 bridgehead atoms. The highest BCUT2D eigenvalue weighted by Gasteiger charge is 2.16. The largest absolute Gasteiger partial charge is 0.322 e. The molecule has 29 heavy (non-hydrogen) atoms. The number of fused-ring (bicyclic) bond motifs is 2. The third-order valence-electron chi connectivity index (χ3n) is 5.46. The fraction of sp³-hybridized carbons (Fsp3) is 0.120. The zero-order valence-electron chi connectivity index (χ0n) is 15.8. The van der Waals surface area contributed by atoms with E-state index in [9.17, 15) is 4.79 Å². The maximum Gasteiger partial charge on any atom is 0.256 e. The molecule has 5 rings (SSSR count). The fourth-order valence-corrected chi connectivity index (χ4v) is 4.11. The van der Waals surface area contributed by atoms with E-state index in [1.54, 1.807) is 0 Å². The summed E-state index contributed by atoms with van der Waals surface area (Å²) in [5, 5.41) is 4.59. The van der Waals surface area contributed by atoms with Crippen LogP contribution in [0.1, 0.15) is 27.9 Å². The Labute approximate surface area is 174 Å². The van der Waals surface area contributed by atoms with Crippen molar-refractivity contribution in [1.29, 1.82) is 0 Å². The number of amides is 1. The van der Waals surface area contributed by atoms with Gasteiger partial charge in [0, 0.05) is 21.7 Å². The monoisotopic (exact) mass is 398 g/mol. The van der Waals surface area contributed by atoms with Crippen molar-refractivity contribution in [2.75, 3.05) is 5.32 Å². The number of benzene rings is 3. The van der Waals surface area contributed by atoms with Crippen LogP contribution < -0.4 is 5.32 Å². The lowest BCUT2D eigenvalue weighted by atomic mass is 10.0. The van der Waals surface area contributed by atoms with E-state index < -0.39 is 0 Å². The topological polar surface area (TPSA) is 42.0 Å². The highest BCUT2D eigenvalue weighted by molar-refractivity contribution is 6.30. The molecule has 1 aromatic heterocycles. The molecule has 0 saturated heterocycles. The lowest BCUT2D eigenvalue weighted by Crippen LogP contribution is -2.13. The van der Waals surface area contributed by atoms with Crippen LogP contribution in [-0.4, -0.2) is 10.9 Å². The normalized spacial score (nSPS) is 12.7. The first-order valence-electron chi connectivity index (χ1n) is 9.76. The minimum atomic E-state index is -0.128. The summed E-state index contributed by atoms with van der Waals surface area (Å²) in [4.78, 5) is 18.0. The van der Waals surface area contributed by atoms with Gasteiger partial charge in [-0.05, 0) is 66.8 Å². The molecule has 1 aliphatic carbocycles. The lowest BCUT2D eigenvalue weighted by Gasteiger charge is -2.12. The Morgan fingerprint density at radius 1 is 0.897 bits per heavy atom. The third-order valence-corrected chi connectivity index (χ3v) is 5.71. The molecule has 0 fully saturated rings. The van der Waals surface area contributed by atoms with Crippen LogP contribution in [0.2, 0.25) is 5.02 Å². The molecule has 1 amide bonds. The number of nitrogens with one attached hydrogen (secondary N) is 1. The number of carbonyl (C=O) groups excluding carboxylic acids is 1. The number of para-hydroxylation sites is 1. The molecule has 1 aliphatic rings. The molecule has 1 heterocycles. The standard InChI is InChI=1S/C25H19ClN2O/c26-19-11-8-17(9-12-19)24-15-22(21-6-1-2-7-23(21)28-24)25(29)27-20-13-10-16-4-3-5-18(16)14-20/h1-2,6-15H,3-5H2,(H,27,29). The second-order valence-electron chi connectivity index (χ2n) is 7.37. The van der Waals surface area contributed by atoms with Crippen LogP contribution >= 0.6 is 11.6 Å².